The summed E-state index contributed by atoms with van der Waals surface area (Å²) in [6, 6.07) is 51.3. The Morgan fingerprint density at radius 2 is 0.898 bits per heavy atom. The lowest BCUT2D eigenvalue weighted by Crippen LogP contribution is -1.84. The molecule has 0 aliphatic rings. The highest BCUT2D eigenvalue weighted by Gasteiger charge is 2.16. The third kappa shape index (κ3) is 4.67. The number of para-hydroxylation sites is 5. The summed E-state index contributed by atoms with van der Waals surface area (Å²) in [7, 11) is 0. The number of rotatable bonds is 4. The van der Waals surface area contributed by atoms with Gasteiger partial charge in [-0.2, -0.15) is 0 Å². The summed E-state index contributed by atoms with van der Waals surface area (Å²) >= 11 is 0. The maximum Gasteiger partial charge on any atom is 0.143 e. The lowest BCUT2D eigenvalue weighted by Gasteiger charge is -2.08. The van der Waals surface area contributed by atoms with Gasteiger partial charge in [0.1, 0.15) is 22.3 Å². The molecule has 3 aromatic heterocycles. The molecule has 49 heavy (non-hydrogen) atoms. The average molecular weight is 630 g/mol. The van der Waals surface area contributed by atoms with Crippen molar-refractivity contribution in [1.82, 2.24) is 4.98 Å². The van der Waals surface area contributed by atoms with Crippen molar-refractivity contribution in [2.75, 3.05) is 0 Å². The fraction of sp³-hybridized carbons (Fsp3) is 0. The van der Waals surface area contributed by atoms with Crippen LogP contribution in [-0.2, 0) is 0 Å². The van der Waals surface area contributed by atoms with Gasteiger partial charge in [0.2, 0.25) is 0 Å². The molecule has 0 unspecified atom stereocenters. The molecule has 3 nitrogen and oxygen atoms in total. The molecule has 0 atom stereocenters. The fourth-order valence-electron chi connectivity index (χ4n) is 7.13. The van der Waals surface area contributed by atoms with Crippen LogP contribution in [0.3, 0.4) is 0 Å². The van der Waals surface area contributed by atoms with E-state index in [1.54, 1.807) is 12.2 Å². The summed E-state index contributed by atoms with van der Waals surface area (Å²) in [5, 5.41) is 6.96. The van der Waals surface area contributed by atoms with Crippen LogP contribution in [0.1, 0.15) is 0 Å². The molecule has 232 valence electrons. The van der Waals surface area contributed by atoms with Crippen molar-refractivity contribution in [2.45, 2.75) is 0 Å². The second-order valence-electron chi connectivity index (χ2n) is 12.2. The number of aromatic nitrogens is 1. The Balaban J connectivity index is 0.000000773. The van der Waals surface area contributed by atoms with Gasteiger partial charge in [-0.3, -0.25) is 0 Å². The topological polar surface area (TPSA) is 42.1 Å². The largest absolute Gasteiger partial charge is 0.455 e. The van der Waals surface area contributed by atoms with Crippen LogP contribution in [0, 0.1) is 0 Å². The number of fused-ring (bicyclic) bond motifs is 9. The number of H-pyrrole nitrogens is 1. The van der Waals surface area contributed by atoms with Gasteiger partial charge in [0.05, 0.1) is 5.52 Å². The Kier molecular flexibility index (Phi) is 6.77. The van der Waals surface area contributed by atoms with Crippen LogP contribution in [0.2, 0.25) is 0 Å². The van der Waals surface area contributed by atoms with Gasteiger partial charge in [0.15, 0.2) is 0 Å². The Bertz CT molecular complexity index is 2870. The number of hydrogen-bond donors (Lipinski definition) is 1. The van der Waals surface area contributed by atoms with Crippen molar-refractivity contribution >= 4 is 65.7 Å². The van der Waals surface area contributed by atoms with E-state index in [0.717, 1.165) is 82.7 Å². The average Bonchev–Trinajstić information content (AvgIpc) is 3.86. The van der Waals surface area contributed by atoms with E-state index in [0.29, 0.717) is 0 Å². The molecule has 10 rings (SSSR count). The fourth-order valence-corrected chi connectivity index (χ4v) is 7.13. The van der Waals surface area contributed by atoms with Gasteiger partial charge in [-0.05, 0) is 47.0 Å². The van der Waals surface area contributed by atoms with E-state index in [1.165, 1.54) is 16.3 Å². The number of hydrogen-bond acceptors (Lipinski definition) is 2. The Morgan fingerprint density at radius 1 is 0.408 bits per heavy atom. The lowest BCUT2D eigenvalue weighted by molar-refractivity contribution is 0.669. The van der Waals surface area contributed by atoms with Gasteiger partial charge in [0.25, 0.3) is 0 Å². The maximum absolute atomic E-state index is 6.37. The minimum absolute atomic E-state index is 0.912. The number of aromatic amines is 1. The highest BCUT2D eigenvalue weighted by atomic mass is 16.3. The molecular weight excluding hydrogens is 599 g/mol. The highest BCUT2D eigenvalue weighted by Crippen LogP contribution is 2.41. The molecule has 0 bridgehead atoms. The summed E-state index contributed by atoms with van der Waals surface area (Å²) in [5.41, 5.74) is 12.7. The Morgan fingerprint density at radius 3 is 1.51 bits per heavy atom. The van der Waals surface area contributed by atoms with E-state index in [4.69, 9.17) is 8.83 Å². The zero-order valence-electron chi connectivity index (χ0n) is 26.7. The first-order valence-corrected chi connectivity index (χ1v) is 16.4. The van der Waals surface area contributed by atoms with E-state index in [2.05, 4.69) is 139 Å². The zero-order valence-corrected chi connectivity index (χ0v) is 26.7. The predicted octanol–water partition coefficient (Wildman–Crippen LogP) is 13.5. The molecule has 0 aliphatic carbocycles. The molecule has 3 heterocycles. The molecule has 0 amide bonds. The van der Waals surface area contributed by atoms with Crippen LogP contribution in [0.15, 0.2) is 180 Å². The molecule has 0 aliphatic heterocycles. The number of benzene rings is 7. The molecule has 1 N–H and O–H groups in total. The summed E-state index contributed by atoms with van der Waals surface area (Å²) < 4.78 is 12.7. The van der Waals surface area contributed by atoms with Crippen molar-refractivity contribution < 1.29 is 8.83 Å². The van der Waals surface area contributed by atoms with Crippen LogP contribution in [0.25, 0.3) is 99.1 Å². The van der Waals surface area contributed by atoms with Crippen molar-refractivity contribution in [1.29, 1.82) is 0 Å². The number of nitrogens with one attached hydrogen (secondary N) is 1. The Labute approximate surface area is 283 Å². The molecule has 0 radical (unpaired) electrons. The summed E-state index contributed by atoms with van der Waals surface area (Å²) in [6.45, 7) is 6.72. The van der Waals surface area contributed by atoms with E-state index >= 15 is 0 Å². The minimum atomic E-state index is 0.912. The second kappa shape index (κ2) is 11.6. The zero-order chi connectivity index (χ0) is 32.9. The van der Waals surface area contributed by atoms with Crippen molar-refractivity contribution in [3.63, 3.8) is 0 Å². The van der Waals surface area contributed by atoms with Gasteiger partial charge in [-0.25, -0.2) is 0 Å². The third-order valence-corrected chi connectivity index (χ3v) is 9.40. The first kappa shape index (κ1) is 28.6. The van der Waals surface area contributed by atoms with E-state index in [-0.39, 0.29) is 0 Å². The summed E-state index contributed by atoms with van der Waals surface area (Å²) in [4.78, 5) is 3.75. The maximum atomic E-state index is 6.37. The van der Waals surface area contributed by atoms with Gasteiger partial charge >= 0.3 is 0 Å². The SMILES string of the molecule is C=CC=C.c1cc(-c2cccc3c2[nH]c2ccc(-c4cccc5c4oc4ccccc45)cc23)cc(-c2cccc3c2oc2ccccc23)c1. The summed E-state index contributed by atoms with van der Waals surface area (Å²) in [6.07, 6.45) is 3.28. The third-order valence-electron chi connectivity index (χ3n) is 9.40. The quantitative estimate of drug-likeness (QED) is 0.197. The summed E-state index contributed by atoms with van der Waals surface area (Å²) in [5.74, 6) is 0. The second-order valence-corrected chi connectivity index (χ2v) is 12.2. The molecular formula is C46H31NO2. The minimum Gasteiger partial charge on any atom is -0.455 e. The van der Waals surface area contributed by atoms with Crippen LogP contribution in [-0.4, -0.2) is 4.98 Å². The molecule has 10 aromatic rings. The van der Waals surface area contributed by atoms with Crippen molar-refractivity contribution in [2.24, 2.45) is 0 Å². The lowest BCUT2D eigenvalue weighted by atomic mass is 9.96. The molecule has 7 aromatic carbocycles. The number of allylic oxidation sites excluding steroid dienone is 2. The van der Waals surface area contributed by atoms with E-state index < -0.39 is 0 Å². The molecule has 0 fully saturated rings. The van der Waals surface area contributed by atoms with E-state index in [9.17, 15) is 0 Å². The van der Waals surface area contributed by atoms with Gasteiger partial charge in [0, 0.05) is 54.5 Å². The van der Waals surface area contributed by atoms with Crippen LogP contribution in [0.4, 0.5) is 0 Å². The first-order valence-electron chi connectivity index (χ1n) is 16.4. The normalized spacial score (nSPS) is 11.4. The van der Waals surface area contributed by atoms with Crippen molar-refractivity contribution in [3.8, 4) is 33.4 Å². The molecule has 3 heteroatoms. The van der Waals surface area contributed by atoms with Crippen LogP contribution in [0.5, 0.6) is 0 Å². The molecule has 0 saturated carbocycles. The smallest absolute Gasteiger partial charge is 0.143 e. The number of furan rings is 2. The van der Waals surface area contributed by atoms with Gasteiger partial charge < -0.3 is 13.8 Å². The van der Waals surface area contributed by atoms with E-state index in [1.807, 2.05) is 24.3 Å². The Hall–Kier alpha value is -6.58. The van der Waals surface area contributed by atoms with Gasteiger partial charge in [-0.1, -0.05) is 141 Å². The molecule has 0 spiro atoms. The van der Waals surface area contributed by atoms with Crippen LogP contribution >= 0.6 is 0 Å². The predicted molar refractivity (Wildman–Crippen MR) is 207 cm³/mol. The van der Waals surface area contributed by atoms with Gasteiger partial charge in [-0.15, -0.1) is 0 Å². The first-order chi connectivity index (χ1) is 24.2. The van der Waals surface area contributed by atoms with Crippen LogP contribution < -0.4 is 0 Å². The monoisotopic (exact) mass is 629 g/mol. The standard InChI is InChI=1S/C42H25NO2.C4H6/c1-3-19-38-31(11-1)34-17-7-14-29(41(34)44-38)26-10-5-9-25(23-26)28-13-6-16-33-36-24-27(21-22-37(36)43-40(28)33)30-15-8-18-35-32-12-2-4-20-39(32)45-42(30)35;1-3-4-2/h1-24,43H;3-4H,1-2H2. The van der Waals surface area contributed by atoms with Crippen molar-refractivity contribution in [3.05, 3.63) is 171 Å². The molecule has 0 saturated heterocycles. The highest BCUT2D eigenvalue weighted by molar-refractivity contribution is 6.15.